The Morgan fingerprint density at radius 3 is 2.57 bits per heavy atom. The number of methoxy groups -OCH3 is 1. The van der Waals surface area contributed by atoms with Crippen molar-refractivity contribution >= 4 is 17.8 Å². The number of esters is 1. The van der Waals surface area contributed by atoms with Crippen LogP contribution in [0.5, 0.6) is 0 Å². The van der Waals surface area contributed by atoms with Crippen LogP contribution in [0.25, 0.3) is 0 Å². The number of fused-ring (bicyclic) bond motifs is 1. The molecule has 2 amide bonds. The summed E-state index contributed by atoms with van der Waals surface area (Å²) in [6.07, 6.45) is 0. The zero-order valence-corrected chi connectivity index (χ0v) is 13.1. The molecule has 0 aromatic heterocycles. The highest BCUT2D eigenvalue weighted by molar-refractivity contribution is 6.08. The third kappa shape index (κ3) is 1.99. The molecule has 0 saturated carbocycles. The molecular formula is C16H18FN2O4+. The Balaban J connectivity index is 2.14. The third-order valence-electron chi connectivity index (χ3n) is 5.02. The monoisotopic (exact) mass is 321 g/mol. The number of likely N-dealkylation sites (tertiary alicyclic amines) is 1. The SMILES string of the molecule is COC(=O)[C@@]1(C)[NH2+][C@@H](c2ccccc2F)[C@H]2C(=O)N(C)C(=O)[C@@H]21. The molecule has 0 unspecified atom stereocenters. The molecule has 4 atom stereocenters. The molecule has 122 valence electrons. The van der Waals surface area contributed by atoms with Gasteiger partial charge in [0.05, 0.1) is 7.11 Å². The average Bonchev–Trinajstić information content (AvgIpc) is 2.97. The maximum atomic E-state index is 14.2. The lowest BCUT2D eigenvalue weighted by atomic mass is 9.80. The van der Waals surface area contributed by atoms with E-state index in [2.05, 4.69) is 0 Å². The summed E-state index contributed by atoms with van der Waals surface area (Å²) < 4.78 is 19.0. The van der Waals surface area contributed by atoms with Gasteiger partial charge in [-0.1, -0.05) is 18.2 Å². The highest BCUT2D eigenvalue weighted by Gasteiger charge is 2.70. The van der Waals surface area contributed by atoms with Gasteiger partial charge >= 0.3 is 5.97 Å². The van der Waals surface area contributed by atoms with Gasteiger partial charge in [-0.15, -0.1) is 0 Å². The van der Waals surface area contributed by atoms with Gasteiger partial charge in [0.2, 0.25) is 17.4 Å². The van der Waals surface area contributed by atoms with Crippen molar-refractivity contribution in [2.45, 2.75) is 18.5 Å². The Bertz CT molecular complexity index is 707. The lowest BCUT2D eigenvalue weighted by Gasteiger charge is -2.24. The number of benzene rings is 1. The van der Waals surface area contributed by atoms with Crippen LogP contribution in [-0.4, -0.2) is 42.4 Å². The number of hydrogen-bond acceptors (Lipinski definition) is 4. The van der Waals surface area contributed by atoms with Gasteiger partial charge in [0.15, 0.2) is 0 Å². The lowest BCUT2D eigenvalue weighted by molar-refractivity contribution is -0.731. The van der Waals surface area contributed by atoms with Crippen molar-refractivity contribution in [3.8, 4) is 0 Å². The van der Waals surface area contributed by atoms with Crippen LogP contribution in [0.15, 0.2) is 24.3 Å². The van der Waals surface area contributed by atoms with E-state index < -0.39 is 47.0 Å². The number of ether oxygens (including phenoxy) is 1. The number of rotatable bonds is 2. The normalized spacial score (nSPS) is 33.0. The van der Waals surface area contributed by atoms with Gasteiger partial charge < -0.3 is 10.1 Å². The van der Waals surface area contributed by atoms with E-state index in [9.17, 15) is 18.8 Å². The molecule has 2 fully saturated rings. The van der Waals surface area contributed by atoms with Gasteiger partial charge in [0.25, 0.3) is 0 Å². The quantitative estimate of drug-likeness (QED) is 0.594. The van der Waals surface area contributed by atoms with E-state index in [1.165, 1.54) is 20.2 Å². The maximum Gasteiger partial charge on any atom is 0.368 e. The number of imide groups is 1. The Hall–Kier alpha value is -2.28. The standard InChI is InChI=1S/C16H17FN2O4/c1-16(15(22)23-3)11-10(13(20)19(2)14(11)21)12(18-16)8-6-4-5-7-9(8)17/h4-7,10-12,18H,1-3H3/p+1/t10-,11+,12-,16-/m0/s1. The summed E-state index contributed by atoms with van der Waals surface area (Å²) in [5.41, 5.74) is -0.948. The minimum Gasteiger partial charge on any atom is -0.464 e. The number of carbonyl (C=O) groups is 3. The van der Waals surface area contributed by atoms with Crippen molar-refractivity contribution in [3.63, 3.8) is 0 Å². The summed E-state index contributed by atoms with van der Waals surface area (Å²) in [7, 11) is 2.62. The third-order valence-corrected chi connectivity index (χ3v) is 5.02. The highest BCUT2D eigenvalue weighted by Crippen LogP contribution is 2.44. The van der Waals surface area contributed by atoms with E-state index in [0.717, 1.165) is 4.90 Å². The molecule has 0 radical (unpaired) electrons. The molecule has 0 aliphatic carbocycles. The summed E-state index contributed by atoms with van der Waals surface area (Å²) in [4.78, 5) is 38.3. The van der Waals surface area contributed by atoms with Crippen molar-refractivity contribution in [1.82, 2.24) is 4.90 Å². The second-order valence-electron chi connectivity index (χ2n) is 6.23. The van der Waals surface area contributed by atoms with Crippen LogP contribution in [-0.2, 0) is 19.1 Å². The molecule has 1 aromatic carbocycles. The number of quaternary nitrogens is 1. The first kappa shape index (κ1) is 15.6. The Morgan fingerprint density at radius 2 is 1.96 bits per heavy atom. The van der Waals surface area contributed by atoms with E-state index in [-0.39, 0.29) is 0 Å². The number of carbonyl (C=O) groups excluding carboxylic acids is 3. The minimum atomic E-state index is -1.26. The van der Waals surface area contributed by atoms with Crippen LogP contribution < -0.4 is 5.32 Å². The summed E-state index contributed by atoms with van der Waals surface area (Å²) in [6, 6.07) is 5.45. The van der Waals surface area contributed by atoms with Crippen molar-refractivity contribution in [2.24, 2.45) is 11.8 Å². The van der Waals surface area contributed by atoms with Gasteiger partial charge in [-0.2, -0.15) is 0 Å². The number of halogens is 1. The highest BCUT2D eigenvalue weighted by atomic mass is 19.1. The van der Waals surface area contributed by atoms with Gasteiger partial charge in [0, 0.05) is 19.5 Å². The van der Waals surface area contributed by atoms with E-state index in [1.807, 2.05) is 0 Å². The maximum absolute atomic E-state index is 14.2. The fraction of sp³-hybridized carbons (Fsp3) is 0.438. The van der Waals surface area contributed by atoms with Crippen LogP contribution >= 0.6 is 0 Å². The van der Waals surface area contributed by atoms with Crippen LogP contribution in [0, 0.1) is 17.7 Å². The van der Waals surface area contributed by atoms with Crippen molar-refractivity contribution < 1.29 is 28.8 Å². The molecule has 2 heterocycles. The molecule has 0 bridgehead atoms. The zero-order valence-electron chi connectivity index (χ0n) is 13.1. The first-order chi connectivity index (χ1) is 10.8. The molecule has 0 spiro atoms. The van der Waals surface area contributed by atoms with Gasteiger partial charge in [-0.05, 0) is 6.07 Å². The topological polar surface area (TPSA) is 80.3 Å². The second kappa shape index (κ2) is 5.13. The van der Waals surface area contributed by atoms with E-state index in [0.29, 0.717) is 5.56 Å². The molecule has 7 heteroatoms. The largest absolute Gasteiger partial charge is 0.464 e. The molecule has 2 saturated heterocycles. The summed E-state index contributed by atoms with van der Waals surface area (Å²) in [5.74, 6) is -3.52. The number of nitrogens with zero attached hydrogens (tertiary/aromatic N) is 1. The van der Waals surface area contributed by atoms with Crippen molar-refractivity contribution in [3.05, 3.63) is 35.6 Å². The van der Waals surface area contributed by atoms with E-state index in [4.69, 9.17) is 4.74 Å². The summed E-state index contributed by atoms with van der Waals surface area (Å²) in [5, 5.41) is 1.59. The fourth-order valence-corrected chi connectivity index (χ4v) is 3.85. The van der Waals surface area contributed by atoms with Crippen molar-refractivity contribution in [1.29, 1.82) is 0 Å². The zero-order chi connectivity index (χ0) is 16.9. The lowest BCUT2D eigenvalue weighted by Crippen LogP contribution is -2.97. The van der Waals surface area contributed by atoms with E-state index in [1.54, 1.807) is 30.4 Å². The minimum absolute atomic E-state index is 0.312. The Morgan fingerprint density at radius 1 is 1.30 bits per heavy atom. The second-order valence-corrected chi connectivity index (χ2v) is 6.23. The molecule has 2 aliphatic heterocycles. The van der Waals surface area contributed by atoms with Crippen LogP contribution in [0.1, 0.15) is 18.5 Å². The predicted molar refractivity (Wildman–Crippen MR) is 76.2 cm³/mol. The Kier molecular flexibility index (Phi) is 3.48. The molecule has 6 nitrogen and oxygen atoms in total. The molecule has 1 aromatic rings. The molecule has 3 rings (SSSR count). The first-order valence-corrected chi connectivity index (χ1v) is 7.33. The van der Waals surface area contributed by atoms with Gasteiger partial charge in [0.1, 0.15) is 23.7 Å². The van der Waals surface area contributed by atoms with Gasteiger partial charge in [-0.25, -0.2) is 9.18 Å². The smallest absolute Gasteiger partial charge is 0.368 e. The van der Waals surface area contributed by atoms with Crippen LogP contribution in [0.4, 0.5) is 4.39 Å². The van der Waals surface area contributed by atoms with Crippen LogP contribution in [0.3, 0.4) is 0 Å². The molecule has 2 aliphatic rings. The number of amides is 2. The van der Waals surface area contributed by atoms with Gasteiger partial charge in [-0.3, -0.25) is 14.5 Å². The Labute approximate surface area is 132 Å². The van der Waals surface area contributed by atoms with E-state index >= 15 is 0 Å². The molecule has 23 heavy (non-hydrogen) atoms. The predicted octanol–water partition coefficient (Wildman–Crippen LogP) is -0.393. The number of hydrogen-bond donors (Lipinski definition) is 1. The van der Waals surface area contributed by atoms with Crippen molar-refractivity contribution in [2.75, 3.05) is 14.2 Å². The fourth-order valence-electron chi connectivity index (χ4n) is 3.85. The number of nitrogens with two attached hydrogens (primary N) is 1. The molecule has 2 N–H and O–H groups in total. The van der Waals surface area contributed by atoms with Crippen LogP contribution in [0.2, 0.25) is 0 Å². The molecular weight excluding hydrogens is 303 g/mol. The first-order valence-electron chi connectivity index (χ1n) is 7.33. The summed E-state index contributed by atoms with van der Waals surface area (Å²) >= 11 is 0. The average molecular weight is 321 g/mol. The summed E-state index contributed by atoms with van der Waals surface area (Å²) in [6.45, 7) is 1.57.